The van der Waals surface area contributed by atoms with Crippen molar-refractivity contribution >= 4 is 22.7 Å². The number of anilines is 2. The third kappa shape index (κ3) is 3.24. The zero-order valence-electron chi connectivity index (χ0n) is 14.6. The zero-order valence-corrected chi connectivity index (χ0v) is 14.6. The Morgan fingerprint density at radius 1 is 1.00 bits per heavy atom. The molecule has 28 heavy (non-hydrogen) atoms. The van der Waals surface area contributed by atoms with Crippen molar-refractivity contribution in [1.29, 1.82) is 0 Å². The molecule has 0 atom stereocenters. The molecule has 0 saturated heterocycles. The van der Waals surface area contributed by atoms with Gasteiger partial charge in [0.05, 0.1) is 12.1 Å². The second-order valence-electron chi connectivity index (χ2n) is 6.41. The minimum Gasteiger partial charge on any atom is -0.383 e. The fraction of sp³-hybridized carbons (Fsp3) is 0.100. The van der Waals surface area contributed by atoms with Crippen LogP contribution >= 0.6 is 0 Å². The molecule has 0 unspecified atom stereocenters. The second kappa shape index (κ2) is 6.56. The number of benzene rings is 2. The first kappa shape index (κ1) is 17.8. The summed E-state index contributed by atoms with van der Waals surface area (Å²) < 4.78 is 41.3. The number of nitrogen functional groups attached to an aromatic ring is 2. The number of hydrogen-bond donors (Lipinski definition) is 2. The number of fused-ring (bicyclic) bond motifs is 1. The third-order valence-corrected chi connectivity index (χ3v) is 4.55. The highest BCUT2D eigenvalue weighted by Gasteiger charge is 2.30. The first-order valence-corrected chi connectivity index (χ1v) is 8.45. The maximum atomic E-state index is 13.1. The van der Waals surface area contributed by atoms with Gasteiger partial charge >= 0.3 is 6.18 Å². The van der Waals surface area contributed by atoms with Crippen molar-refractivity contribution in [3.8, 4) is 11.1 Å². The van der Waals surface area contributed by atoms with Gasteiger partial charge in [-0.15, -0.1) is 0 Å². The lowest BCUT2D eigenvalue weighted by Crippen LogP contribution is -2.07. The average Bonchev–Trinajstić information content (AvgIpc) is 3.02. The molecule has 0 aliphatic rings. The summed E-state index contributed by atoms with van der Waals surface area (Å²) in [6, 6.07) is 12.8. The van der Waals surface area contributed by atoms with Gasteiger partial charge in [0.2, 0.25) is 5.95 Å². The van der Waals surface area contributed by atoms with E-state index in [0.29, 0.717) is 23.2 Å². The van der Waals surface area contributed by atoms with Crippen molar-refractivity contribution in [2.75, 3.05) is 11.5 Å². The molecule has 2 aromatic heterocycles. The van der Waals surface area contributed by atoms with Crippen LogP contribution in [0.3, 0.4) is 0 Å². The van der Waals surface area contributed by atoms with E-state index in [1.807, 2.05) is 35.0 Å². The standard InChI is InChI=1S/C20H16F3N5/c21-20(22,23)14-5-3-4-12(8-14)16-11-28(17-7-2-1-6-15(16)17)10-13-9-26-19(25)27-18(13)24/h1-9,11H,10H2,(H4,24,25,26,27). The Kier molecular flexibility index (Phi) is 4.18. The van der Waals surface area contributed by atoms with Gasteiger partial charge in [-0.1, -0.05) is 30.3 Å². The summed E-state index contributed by atoms with van der Waals surface area (Å²) in [6.45, 7) is 0.367. The van der Waals surface area contributed by atoms with Gasteiger partial charge in [-0.3, -0.25) is 0 Å². The largest absolute Gasteiger partial charge is 0.416 e. The summed E-state index contributed by atoms with van der Waals surface area (Å²) in [4.78, 5) is 7.93. The number of halogens is 3. The molecule has 0 saturated carbocycles. The van der Waals surface area contributed by atoms with Gasteiger partial charge in [0.25, 0.3) is 0 Å². The van der Waals surface area contributed by atoms with Crippen molar-refractivity contribution in [2.24, 2.45) is 0 Å². The Morgan fingerprint density at radius 2 is 1.79 bits per heavy atom. The monoisotopic (exact) mass is 383 g/mol. The molecule has 142 valence electrons. The van der Waals surface area contributed by atoms with Crippen LogP contribution in [0, 0.1) is 0 Å². The highest BCUT2D eigenvalue weighted by molar-refractivity contribution is 5.96. The molecule has 0 radical (unpaired) electrons. The van der Waals surface area contributed by atoms with E-state index in [4.69, 9.17) is 11.5 Å². The number of para-hydroxylation sites is 1. The van der Waals surface area contributed by atoms with Gasteiger partial charge in [0, 0.05) is 34.4 Å². The Bertz CT molecular complexity index is 1160. The van der Waals surface area contributed by atoms with Crippen LogP contribution in [0.5, 0.6) is 0 Å². The van der Waals surface area contributed by atoms with E-state index in [1.54, 1.807) is 12.3 Å². The highest BCUT2D eigenvalue weighted by Crippen LogP contribution is 2.35. The Hall–Kier alpha value is -3.55. The summed E-state index contributed by atoms with van der Waals surface area (Å²) in [7, 11) is 0. The maximum Gasteiger partial charge on any atom is 0.416 e. The van der Waals surface area contributed by atoms with Crippen LogP contribution in [0.15, 0.2) is 60.9 Å². The topological polar surface area (TPSA) is 82.8 Å². The molecule has 8 heteroatoms. The van der Waals surface area contributed by atoms with Crippen LogP contribution in [-0.4, -0.2) is 14.5 Å². The van der Waals surface area contributed by atoms with Crippen LogP contribution in [0.4, 0.5) is 24.9 Å². The summed E-state index contributed by atoms with van der Waals surface area (Å²) in [5.41, 5.74) is 13.5. The van der Waals surface area contributed by atoms with Gasteiger partial charge in [-0.05, 0) is 23.8 Å². The molecular weight excluding hydrogens is 367 g/mol. The summed E-state index contributed by atoms with van der Waals surface area (Å²) in [5.74, 6) is 0.356. The van der Waals surface area contributed by atoms with Gasteiger partial charge < -0.3 is 16.0 Å². The lowest BCUT2D eigenvalue weighted by molar-refractivity contribution is -0.137. The van der Waals surface area contributed by atoms with Crippen molar-refractivity contribution < 1.29 is 13.2 Å². The molecule has 2 aromatic carbocycles. The van der Waals surface area contributed by atoms with E-state index in [-0.39, 0.29) is 11.8 Å². The quantitative estimate of drug-likeness (QED) is 0.552. The SMILES string of the molecule is Nc1ncc(Cn2cc(-c3cccc(C(F)(F)F)c3)c3ccccc32)c(N)n1. The number of nitrogens with two attached hydrogens (primary N) is 2. The molecule has 5 nitrogen and oxygen atoms in total. The molecule has 0 aliphatic carbocycles. The molecule has 0 aliphatic heterocycles. The fourth-order valence-electron chi connectivity index (χ4n) is 3.21. The molecule has 4 N–H and O–H groups in total. The normalized spacial score (nSPS) is 11.8. The van der Waals surface area contributed by atoms with Gasteiger partial charge in [-0.25, -0.2) is 4.98 Å². The van der Waals surface area contributed by atoms with Crippen molar-refractivity contribution in [3.63, 3.8) is 0 Å². The number of hydrogen-bond acceptors (Lipinski definition) is 4. The first-order chi connectivity index (χ1) is 13.3. The Morgan fingerprint density at radius 3 is 2.54 bits per heavy atom. The number of nitrogens with zero attached hydrogens (tertiary/aromatic N) is 3. The molecule has 4 aromatic rings. The van der Waals surface area contributed by atoms with Crippen molar-refractivity contribution in [1.82, 2.24) is 14.5 Å². The number of aromatic nitrogens is 3. The highest BCUT2D eigenvalue weighted by atomic mass is 19.4. The predicted molar refractivity (Wildman–Crippen MR) is 102 cm³/mol. The summed E-state index contributed by atoms with van der Waals surface area (Å²) in [5, 5.41) is 0.844. The zero-order chi connectivity index (χ0) is 19.9. The van der Waals surface area contributed by atoms with Crippen LogP contribution in [0.1, 0.15) is 11.1 Å². The molecule has 0 fully saturated rings. The third-order valence-electron chi connectivity index (χ3n) is 4.55. The van der Waals surface area contributed by atoms with Crippen LogP contribution in [0.2, 0.25) is 0 Å². The van der Waals surface area contributed by atoms with Crippen molar-refractivity contribution in [2.45, 2.75) is 12.7 Å². The van der Waals surface area contributed by atoms with E-state index in [1.165, 1.54) is 6.07 Å². The molecule has 2 heterocycles. The average molecular weight is 383 g/mol. The molecular formula is C20H16F3N5. The number of rotatable bonds is 3. The lowest BCUT2D eigenvalue weighted by Gasteiger charge is -2.08. The molecule has 0 spiro atoms. The maximum absolute atomic E-state index is 13.1. The van der Waals surface area contributed by atoms with E-state index in [2.05, 4.69) is 9.97 Å². The van der Waals surface area contributed by atoms with E-state index in [0.717, 1.165) is 23.0 Å². The minimum atomic E-state index is -4.40. The van der Waals surface area contributed by atoms with Crippen LogP contribution in [0.25, 0.3) is 22.0 Å². The van der Waals surface area contributed by atoms with E-state index >= 15 is 0 Å². The van der Waals surface area contributed by atoms with E-state index < -0.39 is 11.7 Å². The first-order valence-electron chi connectivity index (χ1n) is 8.45. The number of alkyl halides is 3. The summed E-state index contributed by atoms with van der Waals surface area (Å²) >= 11 is 0. The van der Waals surface area contributed by atoms with Crippen LogP contribution in [-0.2, 0) is 12.7 Å². The molecule has 0 bridgehead atoms. The molecule has 0 amide bonds. The molecule has 4 rings (SSSR count). The smallest absolute Gasteiger partial charge is 0.383 e. The van der Waals surface area contributed by atoms with E-state index in [9.17, 15) is 13.2 Å². The van der Waals surface area contributed by atoms with Crippen LogP contribution < -0.4 is 11.5 Å². The fourth-order valence-corrected chi connectivity index (χ4v) is 3.21. The van der Waals surface area contributed by atoms with Crippen molar-refractivity contribution in [3.05, 3.63) is 72.1 Å². The lowest BCUT2D eigenvalue weighted by atomic mass is 10.0. The van der Waals surface area contributed by atoms with Gasteiger partial charge in [0.1, 0.15) is 5.82 Å². The Balaban J connectivity index is 1.83. The minimum absolute atomic E-state index is 0.0864. The van der Waals surface area contributed by atoms with Gasteiger partial charge in [-0.2, -0.15) is 18.2 Å². The second-order valence-corrected chi connectivity index (χ2v) is 6.41. The van der Waals surface area contributed by atoms with Gasteiger partial charge in [0.15, 0.2) is 0 Å². The Labute approximate surface area is 158 Å². The predicted octanol–water partition coefficient (Wildman–Crippen LogP) is 4.33. The summed E-state index contributed by atoms with van der Waals surface area (Å²) in [6.07, 6.45) is -1.03.